The lowest BCUT2D eigenvalue weighted by Crippen LogP contribution is -2.30. The van der Waals surface area contributed by atoms with Gasteiger partial charge in [0, 0.05) is 26.2 Å². The molecule has 1 saturated heterocycles. The predicted octanol–water partition coefficient (Wildman–Crippen LogP) is 0.844. The third-order valence-corrected chi connectivity index (χ3v) is 3.21. The van der Waals surface area contributed by atoms with Crippen molar-refractivity contribution in [1.82, 2.24) is 19.9 Å². The molecule has 0 unspecified atom stereocenters. The van der Waals surface area contributed by atoms with Crippen molar-refractivity contribution in [2.45, 2.75) is 20.3 Å². The van der Waals surface area contributed by atoms with Gasteiger partial charge in [-0.3, -0.25) is 0 Å². The van der Waals surface area contributed by atoms with E-state index in [1.54, 1.807) is 0 Å². The summed E-state index contributed by atoms with van der Waals surface area (Å²) in [6, 6.07) is 0.394. The number of hydrogen-bond acceptors (Lipinski definition) is 7. The molecule has 0 aromatic carbocycles. The summed E-state index contributed by atoms with van der Waals surface area (Å²) in [6.07, 6.45) is 1.11. The minimum absolute atomic E-state index is 0.394. The van der Waals surface area contributed by atoms with E-state index >= 15 is 0 Å². The van der Waals surface area contributed by atoms with Crippen molar-refractivity contribution in [3.63, 3.8) is 0 Å². The van der Waals surface area contributed by atoms with Crippen LogP contribution in [0.5, 0.6) is 6.01 Å². The van der Waals surface area contributed by atoms with Crippen LogP contribution < -0.4 is 15.0 Å². The van der Waals surface area contributed by atoms with Gasteiger partial charge < -0.3 is 19.9 Å². The number of likely N-dealkylation sites (N-methyl/N-ethyl adjacent to an activating group) is 1. The molecule has 0 saturated carbocycles. The standard InChI is InChI=1S/C13H24N6O/c1-4-14-11-15-12(17-13(16-11)20-5-2)19-8-6-7-18(3)9-10-19/h4-10H2,1-3H3,(H,14,15,16,17). The molecule has 20 heavy (non-hydrogen) atoms. The highest BCUT2D eigenvalue weighted by Gasteiger charge is 2.17. The number of nitrogens with zero attached hydrogens (tertiary/aromatic N) is 5. The summed E-state index contributed by atoms with van der Waals surface area (Å²) < 4.78 is 5.44. The van der Waals surface area contributed by atoms with Crippen LogP contribution >= 0.6 is 0 Å². The Kier molecular flexibility index (Phi) is 5.34. The fourth-order valence-corrected chi connectivity index (χ4v) is 2.16. The smallest absolute Gasteiger partial charge is 0.323 e. The van der Waals surface area contributed by atoms with Gasteiger partial charge >= 0.3 is 6.01 Å². The maximum atomic E-state index is 5.44. The number of anilines is 2. The predicted molar refractivity (Wildman–Crippen MR) is 79.5 cm³/mol. The second-order valence-corrected chi connectivity index (χ2v) is 4.85. The van der Waals surface area contributed by atoms with Crippen LogP contribution in [-0.4, -0.2) is 66.2 Å². The molecule has 7 nitrogen and oxygen atoms in total. The average Bonchev–Trinajstić information content (AvgIpc) is 2.64. The zero-order chi connectivity index (χ0) is 14.4. The summed E-state index contributed by atoms with van der Waals surface area (Å²) in [6.45, 7) is 9.30. The van der Waals surface area contributed by atoms with Crippen molar-refractivity contribution in [3.05, 3.63) is 0 Å². The lowest BCUT2D eigenvalue weighted by atomic mass is 10.4. The molecular weight excluding hydrogens is 256 g/mol. The average molecular weight is 280 g/mol. The quantitative estimate of drug-likeness (QED) is 0.857. The Morgan fingerprint density at radius 1 is 1.10 bits per heavy atom. The maximum absolute atomic E-state index is 5.44. The van der Waals surface area contributed by atoms with Gasteiger partial charge in [0.05, 0.1) is 6.61 Å². The highest BCUT2D eigenvalue weighted by Crippen LogP contribution is 2.16. The molecule has 0 atom stereocenters. The van der Waals surface area contributed by atoms with E-state index in [0.29, 0.717) is 24.5 Å². The van der Waals surface area contributed by atoms with Crippen LogP contribution in [0, 0.1) is 0 Å². The van der Waals surface area contributed by atoms with Gasteiger partial charge in [0.15, 0.2) is 0 Å². The number of nitrogens with one attached hydrogen (secondary N) is 1. The normalized spacial score (nSPS) is 16.9. The summed E-state index contributed by atoms with van der Waals surface area (Å²) in [5.41, 5.74) is 0. The van der Waals surface area contributed by atoms with E-state index in [4.69, 9.17) is 4.74 Å². The fraction of sp³-hybridized carbons (Fsp3) is 0.769. The molecule has 0 radical (unpaired) electrons. The molecule has 1 aromatic heterocycles. The molecule has 2 rings (SSSR count). The van der Waals surface area contributed by atoms with Crippen molar-refractivity contribution in [3.8, 4) is 6.01 Å². The first-order chi connectivity index (χ1) is 9.72. The Morgan fingerprint density at radius 3 is 2.70 bits per heavy atom. The maximum Gasteiger partial charge on any atom is 0.323 e. The lowest BCUT2D eigenvalue weighted by molar-refractivity contribution is 0.312. The minimum atomic E-state index is 0.394. The van der Waals surface area contributed by atoms with Gasteiger partial charge in [0.1, 0.15) is 0 Å². The van der Waals surface area contributed by atoms with E-state index in [1.165, 1.54) is 0 Å². The molecule has 0 bridgehead atoms. The van der Waals surface area contributed by atoms with E-state index in [-0.39, 0.29) is 0 Å². The van der Waals surface area contributed by atoms with Crippen LogP contribution in [0.1, 0.15) is 20.3 Å². The fourth-order valence-electron chi connectivity index (χ4n) is 2.16. The number of ether oxygens (including phenoxy) is 1. The molecule has 1 aromatic rings. The Hall–Kier alpha value is -1.63. The zero-order valence-corrected chi connectivity index (χ0v) is 12.6. The van der Waals surface area contributed by atoms with E-state index < -0.39 is 0 Å². The Morgan fingerprint density at radius 2 is 1.95 bits per heavy atom. The molecule has 0 aliphatic carbocycles. The van der Waals surface area contributed by atoms with Crippen molar-refractivity contribution in [2.24, 2.45) is 0 Å². The SMILES string of the molecule is CCNc1nc(OCC)nc(N2CCCN(C)CC2)n1. The first-order valence-electron chi connectivity index (χ1n) is 7.29. The van der Waals surface area contributed by atoms with Crippen molar-refractivity contribution in [1.29, 1.82) is 0 Å². The minimum Gasteiger partial charge on any atom is -0.464 e. The third-order valence-electron chi connectivity index (χ3n) is 3.21. The number of hydrogen-bond donors (Lipinski definition) is 1. The van der Waals surface area contributed by atoms with Crippen LogP contribution in [0.25, 0.3) is 0 Å². The van der Waals surface area contributed by atoms with Crippen molar-refractivity contribution >= 4 is 11.9 Å². The molecule has 1 aliphatic heterocycles. The summed E-state index contributed by atoms with van der Waals surface area (Å²) >= 11 is 0. The van der Waals surface area contributed by atoms with Crippen molar-refractivity contribution < 1.29 is 4.74 Å². The summed E-state index contributed by atoms with van der Waals surface area (Å²) in [4.78, 5) is 17.7. The first kappa shape index (κ1) is 14.8. The van der Waals surface area contributed by atoms with Crippen LogP contribution in [0.15, 0.2) is 0 Å². The third kappa shape index (κ3) is 3.93. The van der Waals surface area contributed by atoms with Crippen LogP contribution in [0.2, 0.25) is 0 Å². The van der Waals surface area contributed by atoms with Gasteiger partial charge in [-0.15, -0.1) is 0 Å². The molecule has 2 heterocycles. The lowest BCUT2D eigenvalue weighted by Gasteiger charge is -2.21. The zero-order valence-electron chi connectivity index (χ0n) is 12.6. The highest BCUT2D eigenvalue weighted by atomic mass is 16.5. The van der Waals surface area contributed by atoms with Gasteiger partial charge in [-0.1, -0.05) is 0 Å². The van der Waals surface area contributed by atoms with E-state index in [1.807, 2.05) is 13.8 Å². The molecular formula is C13H24N6O. The molecule has 0 spiro atoms. The van der Waals surface area contributed by atoms with Gasteiger partial charge in [0.25, 0.3) is 0 Å². The first-order valence-corrected chi connectivity index (χ1v) is 7.29. The van der Waals surface area contributed by atoms with Crippen LogP contribution in [0.4, 0.5) is 11.9 Å². The molecule has 112 valence electrons. The summed E-state index contributed by atoms with van der Waals surface area (Å²) in [5.74, 6) is 1.29. The van der Waals surface area contributed by atoms with Gasteiger partial charge in [-0.05, 0) is 33.9 Å². The van der Waals surface area contributed by atoms with Gasteiger partial charge in [-0.2, -0.15) is 15.0 Å². The Labute approximate surface area is 120 Å². The molecule has 0 amide bonds. The summed E-state index contributed by atoms with van der Waals surface area (Å²) in [7, 11) is 2.15. The molecule has 1 fully saturated rings. The molecule has 7 heteroatoms. The van der Waals surface area contributed by atoms with E-state index in [9.17, 15) is 0 Å². The monoisotopic (exact) mass is 280 g/mol. The van der Waals surface area contributed by atoms with E-state index in [0.717, 1.165) is 39.1 Å². The second kappa shape index (κ2) is 7.23. The Bertz CT molecular complexity index is 403. The Balaban J connectivity index is 2.19. The van der Waals surface area contributed by atoms with Gasteiger partial charge in [-0.25, -0.2) is 0 Å². The van der Waals surface area contributed by atoms with Crippen LogP contribution in [0.3, 0.4) is 0 Å². The topological polar surface area (TPSA) is 66.4 Å². The molecule has 1 aliphatic rings. The van der Waals surface area contributed by atoms with Crippen molar-refractivity contribution in [2.75, 3.05) is 56.6 Å². The molecule has 1 N–H and O–H groups in total. The van der Waals surface area contributed by atoms with Gasteiger partial charge in [0.2, 0.25) is 11.9 Å². The largest absolute Gasteiger partial charge is 0.464 e. The highest BCUT2D eigenvalue weighted by molar-refractivity contribution is 5.38. The van der Waals surface area contributed by atoms with E-state index in [2.05, 4.69) is 37.1 Å². The number of aromatic nitrogens is 3. The second-order valence-electron chi connectivity index (χ2n) is 4.85. The van der Waals surface area contributed by atoms with Crippen LogP contribution in [-0.2, 0) is 0 Å². The summed E-state index contributed by atoms with van der Waals surface area (Å²) in [5, 5.41) is 3.13. The number of rotatable bonds is 5.